The lowest BCUT2D eigenvalue weighted by Gasteiger charge is -2.32. The van der Waals surface area contributed by atoms with E-state index in [-0.39, 0.29) is 12.2 Å². The largest absolute Gasteiger partial charge is 0.390 e. The molecule has 0 amide bonds. The summed E-state index contributed by atoms with van der Waals surface area (Å²) in [5.41, 5.74) is 0. The molecule has 1 rings (SSSR count). The molecule has 1 N–H and O–H groups in total. The van der Waals surface area contributed by atoms with Gasteiger partial charge in [-0.3, -0.25) is 0 Å². The number of hydrogen-bond acceptors (Lipinski definition) is 2. The van der Waals surface area contributed by atoms with Gasteiger partial charge < -0.3 is 9.84 Å². The Balaban J connectivity index is 2.40. The molecule has 0 radical (unpaired) electrons. The summed E-state index contributed by atoms with van der Waals surface area (Å²) in [6, 6.07) is 0. The zero-order chi connectivity index (χ0) is 9.14. The lowest BCUT2D eigenvalue weighted by atomic mass is 9.95. The average molecular weight is 172 g/mol. The van der Waals surface area contributed by atoms with Crippen molar-refractivity contribution in [1.29, 1.82) is 0 Å². The van der Waals surface area contributed by atoms with Crippen LogP contribution in [0.1, 0.15) is 40.0 Å². The van der Waals surface area contributed by atoms with Gasteiger partial charge in [-0.25, -0.2) is 0 Å². The minimum Gasteiger partial charge on any atom is -0.390 e. The van der Waals surface area contributed by atoms with Crippen LogP contribution < -0.4 is 0 Å². The maximum atomic E-state index is 9.74. The van der Waals surface area contributed by atoms with Crippen LogP contribution in [0.2, 0.25) is 0 Å². The van der Waals surface area contributed by atoms with Gasteiger partial charge in [0.1, 0.15) is 0 Å². The SMILES string of the molecule is CC(C)[C@H](O)[C@H]1CCC[C@H](C)O1. The first-order valence-corrected chi connectivity index (χ1v) is 4.94. The summed E-state index contributed by atoms with van der Waals surface area (Å²) in [6.45, 7) is 6.15. The first kappa shape index (κ1) is 10.0. The Morgan fingerprint density at radius 1 is 1.33 bits per heavy atom. The van der Waals surface area contributed by atoms with Crippen molar-refractivity contribution in [3.05, 3.63) is 0 Å². The molecular formula is C10H20O2. The normalized spacial score (nSPS) is 33.8. The van der Waals surface area contributed by atoms with Crippen LogP contribution >= 0.6 is 0 Å². The summed E-state index contributed by atoms with van der Waals surface area (Å²) in [4.78, 5) is 0. The summed E-state index contributed by atoms with van der Waals surface area (Å²) in [7, 11) is 0. The Morgan fingerprint density at radius 2 is 2.00 bits per heavy atom. The number of rotatable bonds is 2. The van der Waals surface area contributed by atoms with Crippen molar-refractivity contribution >= 4 is 0 Å². The lowest BCUT2D eigenvalue weighted by molar-refractivity contribution is -0.111. The van der Waals surface area contributed by atoms with E-state index < -0.39 is 0 Å². The van der Waals surface area contributed by atoms with Crippen molar-refractivity contribution in [2.75, 3.05) is 0 Å². The van der Waals surface area contributed by atoms with E-state index >= 15 is 0 Å². The van der Waals surface area contributed by atoms with E-state index in [1.165, 1.54) is 6.42 Å². The third-order valence-corrected chi connectivity index (χ3v) is 2.57. The third kappa shape index (κ3) is 2.46. The van der Waals surface area contributed by atoms with Crippen molar-refractivity contribution in [3.63, 3.8) is 0 Å². The molecule has 1 fully saturated rings. The molecular weight excluding hydrogens is 152 g/mol. The van der Waals surface area contributed by atoms with E-state index in [1.807, 2.05) is 13.8 Å². The topological polar surface area (TPSA) is 29.5 Å². The van der Waals surface area contributed by atoms with Crippen LogP contribution in [0.3, 0.4) is 0 Å². The number of aliphatic hydroxyl groups is 1. The Kier molecular flexibility index (Phi) is 3.53. The fourth-order valence-corrected chi connectivity index (χ4v) is 1.72. The Bertz CT molecular complexity index is 134. The number of aliphatic hydroxyl groups excluding tert-OH is 1. The minimum absolute atomic E-state index is 0.0775. The smallest absolute Gasteiger partial charge is 0.0840 e. The maximum absolute atomic E-state index is 9.74. The van der Waals surface area contributed by atoms with Crippen LogP contribution in [0.15, 0.2) is 0 Å². The zero-order valence-corrected chi connectivity index (χ0v) is 8.29. The van der Waals surface area contributed by atoms with Gasteiger partial charge in [0.15, 0.2) is 0 Å². The van der Waals surface area contributed by atoms with Crippen LogP contribution in [-0.4, -0.2) is 23.4 Å². The van der Waals surface area contributed by atoms with Crippen LogP contribution in [0, 0.1) is 5.92 Å². The molecule has 1 aliphatic rings. The molecule has 0 unspecified atom stereocenters. The van der Waals surface area contributed by atoms with Crippen molar-refractivity contribution in [1.82, 2.24) is 0 Å². The van der Waals surface area contributed by atoms with Gasteiger partial charge in [-0.15, -0.1) is 0 Å². The van der Waals surface area contributed by atoms with Gasteiger partial charge in [-0.2, -0.15) is 0 Å². The molecule has 0 spiro atoms. The summed E-state index contributed by atoms with van der Waals surface area (Å²) in [6.07, 6.45) is 3.47. The van der Waals surface area contributed by atoms with Gasteiger partial charge in [0.05, 0.1) is 18.3 Å². The van der Waals surface area contributed by atoms with Crippen molar-refractivity contribution in [2.24, 2.45) is 5.92 Å². The Hall–Kier alpha value is -0.0800. The van der Waals surface area contributed by atoms with E-state index in [9.17, 15) is 5.11 Å². The van der Waals surface area contributed by atoms with E-state index in [4.69, 9.17) is 4.74 Å². The molecule has 0 saturated carbocycles. The average Bonchev–Trinajstić information content (AvgIpc) is 2.03. The molecule has 2 nitrogen and oxygen atoms in total. The van der Waals surface area contributed by atoms with Crippen LogP contribution in [0.25, 0.3) is 0 Å². The molecule has 0 aromatic rings. The van der Waals surface area contributed by atoms with Gasteiger partial charge in [0.2, 0.25) is 0 Å². The molecule has 12 heavy (non-hydrogen) atoms. The Labute approximate surface area is 74.9 Å². The fourth-order valence-electron chi connectivity index (χ4n) is 1.72. The summed E-state index contributed by atoms with van der Waals surface area (Å²) in [5.74, 6) is 0.306. The molecule has 0 aromatic carbocycles. The maximum Gasteiger partial charge on any atom is 0.0840 e. The highest BCUT2D eigenvalue weighted by atomic mass is 16.5. The Morgan fingerprint density at radius 3 is 2.50 bits per heavy atom. The predicted octanol–water partition coefficient (Wildman–Crippen LogP) is 1.96. The first-order valence-electron chi connectivity index (χ1n) is 4.94. The summed E-state index contributed by atoms with van der Waals surface area (Å²) >= 11 is 0. The standard InChI is InChI=1S/C10H20O2/c1-7(2)10(11)9-6-4-5-8(3)12-9/h7-11H,4-6H2,1-3H3/t8-,9+,10-/m0/s1. The molecule has 0 bridgehead atoms. The molecule has 3 atom stereocenters. The molecule has 1 saturated heterocycles. The second kappa shape index (κ2) is 4.24. The van der Waals surface area contributed by atoms with Gasteiger partial charge in [-0.1, -0.05) is 13.8 Å². The fraction of sp³-hybridized carbons (Fsp3) is 1.00. The minimum atomic E-state index is -0.284. The zero-order valence-electron chi connectivity index (χ0n) is 8.29. The molecule has 1 heterocycles. The summed E-state index contributed by atoms with van der Waals surface area (Å²) in [5, 5.41) is 9.74. The van der Waals surface area contributed by atoms with E-state index in [2.05, 4.69) is 6.92 Å². The van der Waals surface area contributed by atoms with E-state index in [0.717, 1.165) is 12.8 Å². The highest BCUT2D eigenvalue weighted by molar-refractivity contribution is 4.76. The van der Waals surface area contributed by atoms with E-state index in [1.54, 1.807) is 0 Å². The van der Waals surface area contributed by atoms with Crippen LogP contribution in [0.5, 0.6) is 0 Å². The molecule has 2 heteroatoms. The highest BCUT2D eigenvalue weighted by Crippen LogP contribution is 2.23. The van der Waals surface area contributed by atoms with Crippen molar-refractivity contribution in [2.45, 2.75) is 58.3 Å². The monoisotopic (exact) mass is 172 g/mol. The number of ether oxygens (including phenoxy) is 1. The van der Waals surface area contributed by atoms with Gasteiger partial charge in [0.25, 0.3) is 0 Å². The molecule has 1 aliphatic heterocycles. The lowest BCUT2D eigenvalue weighted by Crippen LogP contribution is -2.38. The first-order chi connectivity index (χ1) is 5.61. The quantitative estimate of drug-likeness (QED) is 0.690. The van der Waals surface area contributed by atoms with Gasteiger partial charge in [0, 0.05) is 0 Å². The van der Waals surface area contributed by atoms with Crippen LogP contribution in [0.4, 0.5) is 0 Å². The highest BCUT2D eigenvalue weighted by Gasteiger charge is 2.27. The molecule has 72 valence electrons. The second-order valence-corrected chi connectivity index (χ2v) is 4.15. The van der Waals surface area contributed by atoms with Gasteiger partial charge in [-0.05, 0) is 32.1 Å². The third-order valence-electron chi connectivity index (χ3n) is 2.57. The second-order valence-electron chi connectivity index (χ2n) is 4.15. The van der Waals surface area contributed by atoms with Gasteiger partial charge >= 0.3 is 0 Å². The molecule has 0 aliphatic carbocycles. The predicted molar refractivity (Wildman–Crippen MR) is 49.0 cm³/mol. The number of hydrogen-bond donors (Lipinski definition) is 1. The molecule has 0 aromatic heterocycles. The van der Waals surface area contributed by atoms with Crippen molar-refractivity contribution < 1.29 is 9.84 Å². The van der Waals surface area contributed by atoms with Crippen LogP contribution in [-0.2, 0) is 4.74 Å². The van der Waals surface area contributed by atoms with E-state index in [0.29, 0.717) is 12.0 Å². The summed E-state index contributed by atoms with van der Waals surface area (Å²) < 4.78 is 5.66. The van der Waals surface area contributed by atoms with Crippen molar-refractivity contribution in [3.8, 4) is 0 Å².